The molecule has 0 aliphatic heterocycles. The molecule has 7 heteroatoms. The summed E-state index contributed by atoms with van der Waals surface area (Å²) in [5, 5.41) is 3.03. The van der Waals surface area contributed by atoms with Crippen molar-refractivity contribution in [1.29, 1.82) is 0 Å². The number of nitrogens with zero attached hydrogens (tertiary/aromatic N) is 2. The Morgan fingerprint density at radius 1 is 1.04 bits per heavy atom. The number of nitrogens with two attached hydrogens (primary N) is 1. The Balaban J connectivity index is 1.96. The second-order valence-electron chi connectivity index (χ2n) is 6.57. The number of nitrogens with one attached hydrogen (secondary N) is 1. The number of hydrogen-bond donors (Lipinski definition) is 2. The number of anilines is 2. The van der Waals surface area contributed by atoms with Crippen LogP contribution in [0.15, 0.2) is 64.2 Å². The minimum atomic E-state index is -0.691. The molecule has 0 unspecified atom stereocenters. The highest BCUT2D eigenvalue weighted by Crippen LogP contribution is 2.14. The van der Waals surface area contributed by atoms with Crippen molar-refractivity contribution in [3.8, 4) is 0 Å². The third-order valence-corrected chi connectivity index (χ3v) is 4.63. The lowest BCUT2D eigenvalue weighted by Crippen LogP contribution is -2.43. The van der Waals surface area contributed by atoms with Crippen LogP contribution in [0.4, 0.5) is 11.5 Å². The molecule has 3 N–H and O–H groups in total. The summed E-state index contributed by atoms with van der Waals surface area (Å²) in [6.07, 6.45) is 0. The van der Waals surface area contributed by atoms with Gasteiger partial charge in [-0.25, -0.2) is 4.79 Å². The number of rotatable bonds is 6. The minimum absolute atomic E-state index is 0.103. The monoisotopic (exact) mass is 378 g/mol. The maximum atomic E-state index is 12.8. The average molecular weight is 378 g/mol. The molecule has 0 bridgehead atoms. The summed E-state index contributed by atoms with van der Waals surface area (Å²) >= 11 is 0. The fourth-order valence-corrected chi connectivity index (χ4v) is 3.00. The summed E-state index contributed by atoms with van der Waals surface area (Å²) in [5.41, 5.74) is 7.28. The summed E-state index contributed by atoms with van der Waals surface area (Å²) in [7, 11) is 1.34. The average Bonchev–Trinajstić information content (AvgIpc) is 2.70. The minimum Gasteiger partial charge on any atom is -0.384 e. The van der Waals surface area contributed by atoms with E-state index in [-0.39, 0.29) is 24.5 Å². The van der Waals surface area contributed by atoms with Gasteiger partial charge in [0.2, 0.25) is 0 Å². The van der Waals surface area contributed by atoms with Crippen LogP contribution >= 0.6 is 0 Å². The van der Waals surface area contributed by atoms with Crippen LogP contribution in [0.2, 0.25) is 0 Å². The number of ketones is 1. The van der Waals surface area contributed by atoms with Crippen LogP contribution in [0.1, 0.15) is 21.5 Å². The van der Waals surface area contributed by atoms with Gasteiger partial charge in [-0.05, 0) is 24.1 Å². The zero-order chi connectivity index (χ0) is 20.3. The van der Waals surface area contributed by atoms with E-state index in [0.717, 1.165) is 21.4 Å². The zero-order valence-corrected chi connectivity index (χ0v) is 15.8. The van der Waals surface area contributed by atoms with Gasteiger partial charge in [-0.1, -0.05) is 48.5 Å². The fraction of sp³-hybridized carbons (Fsp3) is 0.190. The Labute approximate surface area is 162 Å². The summed E-state index contributed by atoms with van der Waals surface area (Å²) in [6, 6.07) is 16.8. The van der Waals surface area contributed by atoms with Crippen molar-refractivity contribution in [1.82, 2.24) is 9.13 Å². The van der Waals surface area contributed by atoms with Crippen molar-refractivity contribution in [2.45, 2.75) is 13.5 Å². The molecule has 0 atom stereocenters. The first-order valence-electron chi connectivity index (χ1n) is 8.86. The van der Waals surface area contributed by atoms with Gasteiger partial charge in [0.15, 0.2) is 5.78 Å². The quantitative estimate of drug-likeness (QED) is 0.637. The van der Waals surface area contributed by atoms with Crippen molar-refractivity contribution < 1.29 is 4.79 Å². The molecule has 1 aromatic heterocycles. The third kappa shape index (κ3) is 3.73. The summed E-state index contributed by atoms with van der Waals surface area (Å²) in [4.78, 5) is 37.9. The molecule has 0 fully saturated rings. The van der Waals surface area contributed by atoms with E-state index in [1.807, 2.05) is 61.5 Å². The van der Waals surface area contributed by atoms with Gasteiger partial charge in [-0.15, -0.1) is 0 Å². The molecule has 1 heterocycles. The molecule has 0 aliphatic carbocycles. The maximum absolute atomic E-state index is 12.8. The molecule has 0 spiro atoms. The predicted molar refractivity (Wildman–Crippen MR) is 110 cm³/mol. The maximum Gasteiger partial charge on any atom is 0.332 e. The van der Waals surface area contributed by atoms with Gasteiger partial charge in [0.25, 0.3) is 5.56 Å². The van der Waals surface area contributed by atoms with Gasteiger partial charge in [-0.2, -0.15) is 0 Å². The number of aryl methyl sites for hydroxylation is 1. The van der Waals surface area contributed by atoms with Crippen molar-refractivity contribution in [3.63, 3.8) is 0 Å². The van der Waals surface area contributed by atoms with E-state index in [4.69, 9.17) is 5.73 Å². The molecule has 7 nitrogen and oxygen atoms in total. The van der Waals surface area contributed by atoms with E-state index in [1.54, 1.807) is 0 Å². The highest BCUT2D eigenvalue weighted by atomic mass is 16.2. The molecule has 3 rings (SSSR count). The van der Waals surface area contributed by atoms with Crippen LogP contribution in [-0.2, 0) is 13.6 Å². The Hall–Kier alpha value is -3.61. The Bertz CT molecular complexity index is 1130. The van der Waals surface area contributed by atoms with Gasteiger partial charge in [0.1, 0.15) is 11.4 Å². The van der Waals surface area contributed by atoms with E-state index >= 15 is 0 Å². The first-order chi connectivity index (χ1) is 13.4. The van der Waals surface area contributed by atoms with E-state index < -0.39 is 17.0 Å². The number of nitrogen functional groups attached to an aromatic ring is 1. The summed E-state index contributed by atoms with van der Waals surface area (Å²) in [5.74, 6) is -0.586. The lowest BCUT2D eigenvalue weighted by atomic mass is 10.1. The number of para-hydroxylation sites is 1. The van der Waals surface area contributed by atoms with Crippen molar-refractivity contribution >= 4 is 17.3 Å². The van der Waals surface area contributed by atoms with Gasteiger partial charge < -0.3 is 11.1 Å². The second kappa shape index (κ2) is 7.96. The van der Waals surface area contributed by atoms with Gasteiger partial charge >= 0.3 is 5.69 Å². The zero-order valence-electron chi connectivity index (χ0n) is 15.8. The Morgan fingerprint density at radius 2 is 1.68 bits per heavy atom. The molecule has 2 aromatic carbocycles. The molecule has 0 radical (unpaired) electrons. The van der Waals surface area contributed by atoms with E-state index in [0.29, 0.717) is 0 Å². The van der Waals surface area contributed by atoms with Crippen LogP contribution < -0.4 is 22.3 Å². The molecule has 0 aliphatic rings. The number of carbonyl (C=O) groups excluding carboxylic acids is 1. The predicted octanol–water partition coefficient (Wildman–Crippen LogP) is 1.78. The lowest BCUT2D eigenvalue weighted by molar-refractivity contribution is 0.100. The first kappa shape index (κ1) is 19.2. The highest BCUT2D eigenvalue weighted by molar-refractivity contribution is 6.02. The normalized spacial score (nSPS) is 10.6. The Morgan fingerprint density at radius 3 is 2.36 bits per heavy atom. The number of aromatic nitrogens is 2. The van der Waals surface area contributed by atoms with E-state index in [2.05, 4.69) is 5.32 Å². The molecule has 144 valence electrons. The SMILES string of the molecule is Cc1ccccc1NCC(=O)c1c(N)n(Cc2ccccc2)c(=O)n(C)c1=O. The highest BCUT2D eigenvalue weighted by Gasteiger charge is 2.21. The van der Waals surface area contributed by atoms with Crippen molar-refractivity contribution in [2.75, 3.05) is 17.6 Å². The van der Waals surface area contributed by atoms with Crippen molar-refractivity contribution in [2.24, 2.45) is 7.05 Å². The molecule has 0 saturated carbocycles. The third-order valence-electron chi connectivity index (χ3n) is 4.63. The standard InChI is InChI=1S/C21H22N4O3/c1-14-8-6-7-11-16(14)23-12-17(26)18-19(22)25(21(28)24(2)20(18)27)13-15-9-4-3-5-10-15/h3-11,23H,12-13,22H2,1-2H3. The molecule has 3 aromatic rings. The molecule has 0 amide bonds. The topological polar surface area (TPSA) is 99.1 Å². The molecule has 0 saturated heterocycles. The van der Waals surface area contributed by atoms with Gasteiger partial charge in [0, 0.05) is 12.7 Å². The van der Waals surface area contributed by atoms with Crippen LogP contribution in [-0.4, -0.2) is 21.5 Å². The first-order valence-corrected chi connectivity index (χ1v) is 8.86. The number of benzene rings is 2. The lowest BCUT2D eigenvalue weighted by Gasteiger charge is -2.15. The number of carbonyl (C=O) groups is 1. The van der Waals surface area contributed by atoms with Crippen LogP contribution in [0.25, 0.3) is 0 Å². The summed E-state index contributed by atoms with van der Waals surface area (Å²) in [6.45, 7) is 1.99. The van der Waals surface area contributed by atoms with Gasteiger partial charge in [0.05, 0.1) is 13.1 Å². The largest absolute Gasteiger partial charge is 0.384 e. The molecular formula is C21H22N4O3. The number of Topliss-reactive ketones (excluding diaryl/α,β-unsaturated/α-hetero) is 1. The smallest absolute Gasteiger partial charge is 0.332 e. The Kier molecular flexibility index (Phi) is 5.44. The van der Waals surface area contributed by atoms with Crippen LogP contribution in [0, 0.1) is 6.92 Å². The second-order valence-corrected chi connectivity index (χ2v) is 6.57. The van der Waals surface area contributed by atoms with Crippen LogP contribution in [0.3, 0.4) is 0 Å². The van der Waals surface area contributed by atoms with E-state index in [1.165, 1.54) is 11.6 Å². The summed E-state index contributed by atoms with van der Waals surface area (Å²) < 4.78 is 2.16. The number of hydrogen-bond acceptors (Lipinski definition) is 5. The van der Waals surface area contributed by atoms with Gasteiger partial charge in [-0.3, -0.25) is 18.7 Å². The molecular weight excluding hydrogens is 356 g/mol. The molecule has 28 heavy (non-hydrogen) atoms. The van der Waals surface area contributed by atoms with Crippen molar-refractivity contribution in [3.05, 3.63) is 92.1 Å². The van der Waals surface area contributed by atoms with Crippen LogP contribution in [0.5, 0.6) is 0 Å². The van der Waals surface area contributed by atoms with E-state index in [9.17, 15) is 14.4 Å². The fourth-order valence-electron chi connectivity index (χ4n) is 3.00.